The van der Waals surface area contributed by atoms with Gasteiger partial charge in [0.2, 0.25) is 0 Å². The molecule has 11 aromatic rings. The van der Waals surface area contributed by atoms with E-state index in [1.807, 2.05) is 61.0 Å². The zero-order chi connectivity index (χ0) is 80.7. The molecule has 0 unspecified atom stereocenters. The summed E-state index contributed by atoms with van der Waals surface area (Å²) in [5.74, 6) is 46.4. The van der Waals surface area contributed by atoms with Gasteiger partial charge in [-0.2, -0.15) is 0 Å². The van der Waals surface area contributed by atoms with Crippen molar-refractivity contribution in [3.8, 4) is 0 Å². The van der Waals surface area contributed by atoms with Crippen molar-refractivity contribution in [1.82, 2.24) is 109 Å². The maximum absolute atomic E-state index is 10.7. The Morgan fingerprint density at radius 1 is 0.248 bits per heavy atom. The summed E-state index contributed by atoms with van der Waals surface area (Å²) in [6, 6.07) is 35.6. The lowest BCUT2D eigenvalue weighted by Gasteiger charge is -2.01. The smallest absolute Gasteiger partial charge is 0.265 e. The molecule has 11 heterocycles. The molecule has 0 aromatic carbocycles. The second kappa shape index (κ2) is 58.2. The van der Waals surface area contributed by atoms with Crippen LogP contribution in [-0.2, 0) is 0 Å². The highest BCUT2D eigenvalue weighted by molar-refractivity contribution is 5.97. The van der Waals surface area contributed by atoms with Gasteiger partial charge in [-0.15, -0.1) is 0 Å². The molecule has 0 aliphatic carbocycles. The lowest BCUT2D eigenvalue weighted by atomic mass is 10.3. The zero-order valence-corrected chi connectivity index (χ0v) is 57.9. The van der Waals surface area contributed by atoms with Crippen molar-refractivity contribution in [1.29, 1.82) is 0 Å². The number of nitrogens with one attached hydrogen (secondary N) is 10. The molecule has 566 valence electrons. The van der Waals surface area contributed by atoms with Gasteiger partial charge in [0, 0.05) is 203 Å². The first kappa shape index (κ1) is 91.7. The Morgan fingerprint density at radius 2 is 0.404 bits per heavy atom. The fraction of sp³-hybridized carbons (Fsp3) is 0.0147. The van der Waals surface area contributed by atoms with Crippen molar-refractivity contribution < 1.29 is 47.9 Å². The molecule has 0 radical (unpaired) electrons. The van der Waals surface area contributed by atoms with E-state index in [9.17, 15) is 47.9 Å². The van der Waals surface area contributed by atoms with Gasteiger partial charge in [-0.3, -0.25) is 157 Å². The molecule has 41 nitrogen and oxygen atoms in total. The van der Waals surface area contributed by atoms with Gasteiger partial charge in [0.15, 0.2) is 5.78 Å². The van der Waals surface area contributed by atoms with Crippen LogP contribution in [-0.4, -0.2) is 114 Å². The van der Waals surface area contributed by atoms with Crippen LogP contribution >= 0.6 is 0 Å². The number of nitrogen functional groups attached to an aromatic ring is 9. The van der Waals surface area contributed by atoms with Crippen LogP contribution in [0.5, 0.6) is 0 Å². The highest BCUT2D eigenvalue weighted by Crippen LogP contribution is 2.05. The Labute approximate surface area is 622 Å². The minimum atomic E-state index is -0.303. The molecule has 0 atom stereocenters. The summed E-state index contributed by atoms with van der Waals surface area (Å²) < 4.78 is 0. The lowest BCUT2D eigenvalue weighted by Crippen LogP contribution is -2.29. The third kappa shape index (κ3) is 40.8. The van der Waals surface area contributed by atoms with Gasteiger partial charge in [-0.1, -0.05) is 6.58 Å². The first-order chi connectivity index (χ1) is 52.7. The van der Waals surface area contributed by atoms with E-state index in [4.69, 9.17) is 58.4 Å². The van der Waals surface area contributed by atoms with Crippen molar-refractivity contribution in [3.63, 3.8) is 0 Å². The van der Waals surface area contributed by atoms with Crippen LogP contribution in [0.3, 0.4) is 0 Å². The number of nitrogens with zero attached hydrogens (tertiary/aromatic N) is 11. The SMILES string of the molecule is C[13C](=[17O])c1ccncc1.NNC(=[17O])c1ccncc1.NNC(=[18O])c1ccncc1.NN[13C](=O)c1ccncc1.NN[13C](=[17O])c1ccncc1.NN[13C](=[18O])c1ccncc1.[15NH2][15NH]C(=O)c1ccncc1.[15NH2][15NH]C(=[17O])c1ccncc1.[15NH2][15NH]C(=[18O])c1ccncc1.[15NH2][15NH][13C](=O)c1ccncc1.[18CH2]=[13C]([15NH][15NH2])c1ccncc1. The average Bonchev–Trinajstić information content (AvgIpc) is 1.81. The predicted octanol–water partition coefficient (Wildman–Crippen LogP) is -1.03. The molecule has 0 aliphatic rings. The molecule has 9 amide bonds. The highest BCUT2D eigenvalue weighted by atomic mass is 18.1. The van der Waals surface area contributed by atoms with Crippen molar-refractivity contribution in [2.45, 2.75) is 6.92 Å². The molecule has 11 rings (SSSR count). The van der Waals surface area contributed by atoms with Crippen LogP contribution < -0.4 is 113 Å². The van der Waals surface area contributed by atoms with Gasteiger partial charge in [-0.25, -0.2) is 52.6 Å². The van der Waals surface area contributed by atoms with Crippen molar-refractivity contribution >= 4 is 64.6 Å². The summed E-state index contributed by atoms with van der Waals surface area (Å²) in [5, 5.41) is 0. The van der Waals surface area contributed by atoms with E-state index in [-0.39, 0.29) is 58.9 Å². The molecular formula is C68H79N31O10. The fourth-order valence-electron chi connectivity index (χ4n) is 6.50. The summed E-state index contributed by atoms with van der Waals surface area (Å²) in [6.07, 6.45) is 34.2. The normalized spacial score (nSPS) is 8.91. The molecular weight excluding hydrogens is 1440 g/mol. The van der Waals surface area contributed by atoms with E-state index in [1.165, 1.54) is 118 Å². The highest BCUT2D eigenvalue weighted by Gasteiger charge is 2.06. The molecule has 0 bridgehead atoms. The Morgan fingerprint density at radius 3 is 0.541 bits per heavy atom. The average molecular weight is 1520 g/mol. The molecule has 109 heavy (non-hydrogen) atoms. The van der Waals surface area contributed by atoms with Gasteiger partial charge in [0.05, 0.1) is 0 Å². The van der Waals surface area contributed by atoms with E-state index in [0.29, 0.717) is 61.3 Å². The van der Waals surface area contributed by atoms with Crippen molar-refractivity contribution in [2.75, 3.05) is 0 Å². The number of hydrazine groups is 10. The Bertz CT molecular complexity index is 3520. The predicted molar refractivity (Wildman–Crippen MR) is 398 cm³/mol. The van der Waals surface area contributed by atoms with Gasteiger partial charge in [0.25, 0.3) is 53.2 Å². The Kier molecular flexibility index (Phi) is 49.0. The Hall–Kier alpha value is -15.3. The number of carbonyl (C=O) groups excluding carboxylic acids is 10. The van der Waals surface area contributed by atoms with E-state index in [2.05, 4.69) is 66.8 Å². The van der Waals surface area contributed by atoms with Crippen LogP contribution in [0.15, 0.2) is 276 Å². The molecule has 0 aliphatic heterocycles. The molecule has 30 N–H and O–H groups in total. The standard InChI is InChI=1S/C7H9N3.C7H7NO.9C6H7N3O/c1-6(10-8)7-2-4-9-5-3-7;1-6(9)7-2-4-8-5-3-7;9*7-9-6(10)5-1-3-8-4-2-5/h2-5,10H,1,8H2;2-5H,1H3;9*1-4H,7H2,(H,9,10)/i1+6,6+1,8+1,10+1;6+1,9+1;7+1,9+1,10+2;7+1,9+1,10+1;6+1,7+1,9+1;7+1,9+1;6+1,10+2;6+1,10+1;10+2;10+1;6+1. The van der Waals surface area contributed by atoms with Gasteiger partial charge < -0.3 is 5.43 Å². The number of amides is 9. The first-order valence-corrected chi connectivity index (χ1v) is 30.4. The van der Waals surface area contributed by atoms with E-state index in [0.717, 1.165) is 5.56 Å². The number of pyridine rings is 11. The zero-order valence-electron chi connectivity index (χ0n) is 57.9. The third-order valence-corrected chi connectivity index (χ3v) is 12.0. The topological polar surface area (TPSA) is 693 Å². The maximum Gasteiger partial charge on any atom is 0.265 e. The number of nitrogens with two attached hydrogens (primary N) is 10. The number of carbonyl (C=O) groups is 10. The molecule has 0 saturated heterocycles. The Balaban J connectivity index is 0.000000600. The largest absolute Gasteiger partial charge is 0.324 e. The van der Waals surface area contributed by atoms with Crippen LogP contribution in [0.1, 0.15) is 116 Å². The molecule has 0 saturated carbocycles. The maximum atomic E-state index is 10.7. The number of ketones is 1. The quantitative estimate of drug-likeness (QED) is 0.0132. The lowest BCUT2D eigenvalue weighted by molar-refractivity contribution is 0.0945. The number of hydrogen-bond acceptors (Lipinski definition) is 32. The summed E-state index contributed by atoms with van der Waals surface area (Å²) in [7, 11) is 0. The monoisotopic (exact) mass is 1520 g/mol. The summed E-state index contributed by atoms with van der Waals surface area (Å²) in [6.45, 7) is 5.22. The second-order valence-corrected chi connectivity index (χ2v) is 19.0. The number of rotatable bonds is 12. The minimum absolute atomic E-state index is 0.0809. The van der Waals surface area contributed by atoms with Gasteiger partial charge >= 0.3 is 0 Å². The van der Waals surface area contributed by atoms with E-state index >= 15 is 0 Å². The van der Waals surface area contributed by atoms with Crippen LogP contribution in [0.25, 0.3) is 5.70 Å². The minimum Gasteiger partial charge on any atom is -0.324 e. The molecule has 11 aromatic heterocycles. The summed E-state index contributed by atoms with van der Waals surface area (Å²) in [4.78, 5) is 149. The number of Topliss-reactive ketones (excluding diaryl/α,β-unsaturated/α-hetero) is 1. The number of aromatic nitrogens is 11. The number of hydrogen-bond donors (Lipinski definition) is 20. The molecule has 0 spiro atoms. The van der Waals surface area contributed by atoms with Gasteiger partial charge in [-0.05, 0) is 140 Å². The first-order valence-electron chi connectivity index (χ1n) is 30.4. The van der Waals surface area contributed by atoms with Gasteiger partial charge in [0.1, 0.15) is 0 Å². The molecule has 41 heteroatoms. The van der Waals surface area contributed by atoms with Crippen LogP contribution in [0, 0.1) is 0 Å². The summed E-state index contributed by atoms with van der Waals surface area (Å²) >= 11 is 0. The second-order valence-electron chi connectivity index (χ2n) is 19.0. The molecule has 0 fully saturated rings. The third-order valence-electron chi connectivity index (χ3n) is 12.0. The van der Waals surface area contributed by atoms with E-state index < -0.39 is 0 Å². The fourth-order valence-corrected chi connectivity index (χ4v) is 6.50. The van der Waals surface area contributed by atoms with Crippen LogP contribution in [0.4, 0.5) is 0 Å². The van der Waals surface area contributed by atoms with Crippen molar-refractivity contribution in [3.05, 3.63) is 338 Å². The van der Waals surface area contributed by atoms with E-state index in [1.54, 1.807) is 146 Å². The van der Waals surface area contributed by atoms with Crippen LogP contribution in [0.2, 0.25) is 0 Å². The summed E-state index contributed by atoms with van der Waals surface area (Å²) in [5.41, 5.74) is 27.6. The van der Waals surface area contributed by atoms with Crippen molar-refractivity contribution in [2.24, 2.45) is 58.4 Å².